The summed E-state index contributed by atoms with van der Waals surface area (Å²) in [6.07, 6.45) is 0. The average molecular weight is 205 g/mol. The Morgan fingerprint density at radius 1 is 1.47 bits per heavy atom. The smallest absolute Gasteiger partial charge is 0.292 e. The maximum absolute atomic E-state index is 10.7. The van der Waals surface area contributed by atoms with Crippen LogP contribution in [0.4, 0.5) is 11.4 Å². The van der Waals surface area contributed by atoms with Crippen LogP contribution in [-0.2, 0) is 7.05 Å². The predicted octanol–water partition coefficient (Wildman–Crippen LogP) is 1.98. The van der Waals surface area contributed by atoms with Gasteiger partial charge in [-0.05, 0) is 19.1 Å². The van der Waals surface area contributed by atoms with Crippen molar-refractivity contribution in [2.24, 2.45) is 7.05 Å². The van der Waals surface area contributed by atoms with Gasteiger partial charge >= 0.3 is 0 Å². The second-order valence-electron chi connectivity index (χ2n) is 3.53. The zero-order valence-corrected chi connectivity index (χ0v) is 8.52. The van der Waals surface area contributed by atoms with Crippen LogP contribution in [0.3, 0.4) is 0 Å². The Morgan fingerprint density at radius 2 is 2.13 bits per heavy atom. The van der Waals surface area contributed by atoms with Crippen LogP contribution in [0.25, 0.3) is 10.9 Å². The summed E-state index contributed by atoms with van der Waals surface area (Å²) in [6.45, 7) is 1.94. The van der Waals surface area contributed by atoms with Gasteiger partial charge in [0.2, 0.25) is 0 Å². The first-order valence-corrected chi connectivity index (χ1v) is 4.51. The average Bonchev–Trinajstić information content (AvgIpc) is 2.45. The van der Waals surface area contributed by atoms with Gasteiger partial charge in [-0.15, -0.1) is 0 Å². The lowest BCUT2D eigenvalue weighted by molar-refractivity contribution is -0.383. The Balaban J connectivity index is 2.85. The first kappa shape index (κ1) is 9.51. The molecule has 0 amide bonds. The van der Waals surface area contributed by atoms with Gasteiger partial charge in [-0.25, -0.2) is 0 Å². The van der Waals surface area contributed by atoms with Gasteiger partial charge in [0.1, 0.15) is 5.69 Å². The van der Waals surface area contributed by atoms with E-state index in [4.69, 9.17) is 5.73 Å². The SMILES string of the molecule is Cc1cc2c(N)c([N+](=O)[O-])ccc2n1C. The van der Waals surface area contributed by atoms with Crippen molar-refractivity contribution in [3.63, 3.8) is 0 Å². The zero-order chi connectivity index (χ0) is 11.2. The van der Waals surface area contributed by atoms with Crippen LogP contribution < -0.4 is 5.73 Å². The third-order valence-electron chi connectivity index (χ3n) is 2.68. The molecule has 1 heterocycles. The van der Waals surface area contributed by atoms with E-state index in [0.29, 0.717) is 0 Å². The third kappa shape index (κ3) is 1.24. The Kier molecular flexibility index (Phi) is 1.89. The van der Waals surface area contributed by atoms with Gasteiger partial charge in [0.25, 0.3) is 5.69 Å². The van der Waals surface area contributed by atoms with Crippen molar-refractivity contribution in [3.05, 3.63) is 34.0 Å². The number of rotatable bonds is 1. The minimum atomic E-state index is -0.461. The van der Waals surface area contributed by atoms with Crippen LogP contribution in [0.1, 0.15) is 5.69 Å². The highest BCUT2D eigenvalue weighted by atomic mass is 16.6. The summed E-state index contributed by atoms with van der Waals surface area (Å²) in [5, 5.41) is 11.4. The van der Waals surface area contributed by atoms with Crippen LogP contribution in [-0.4, -0.2) is 9.49 Å². The maximum atomic E-state index is 10.7. The summed E-state index contributed by atoms with van der Waals surface area (Å²) < 4.78 is 1.95. The molecule has 0 bridgehead atoms. The minimum absolute atomic E-state index is 0.0342. The number of hydrogen-bond acceptors (Lipinski definition) is 3. The maximum Gasteiger partial charge on any atom is 0.292 e. The zero-order valence-electron chi connectivity index (χ0n) is 8.52. The molecule has 78 valence electrons. The molecule has 0 radical (unpaired) electrons. The molecule has 15 heavy (non-hydrogen) atoms. The van der Waals surface area contributed by atoms with Crippen LogP contribution in [0.2, 0.25) is 0 Å². The van der Waals surface area contributed by atoms with Gasteiger partial charge in [-0.1, -0.05) is 0 Å². The van der Waals surface area contributed by atoms with Crippen LogP contribution >= 0.6 is 0 Å². The summed E-state index contributed by atoms with van der Waals surface area (Å²) in [5.41, 5.74) is 7.89. The van der Waals surface area contributed by atoms with Gasteiger partial charge in [0.05, 0.1) is 10.4 Å². The second kappa shape index (κ2) is 2.98. The topological polar surface area (TPSA) is 74.1 Å². The number of aromatic nitrogens is 1. The number of nitrogens with zero attached hydrogens (tertiary/aromatic N) is 2. The van der Waals surface area contributed by atoms with E-state index in [1.165, 1.54) is 6.07 Å². The molecule has 0 unspecified atom stereocenters. The molecule has 5 heteroatoms. The number of nitrogen functional groups attached to an aromatic ring is 1. The van der Waals surface area contributed by atoms with Crippen molar-refractivity contribution < 1.29 is 4.92 Å². The second-order valence-corrected chi connectivity index (χ2v) is 3.53. The predicted molar refractivity (Wildman–Crippen MR) is 58.7 cm³/mol. The number of aryl methyl sites for hydroxylation is 2. The van der Waals surface area contributed by atoms with Crippen molar-refractivity contribution in [2.75, 3.05) is 5.73 Å². The van der Waals surface area contributed by atoms with E-state index in [1.807, 2.05) is 24.6 Å². The fraction of sp³-hybridized carbons (Fsp3) is 0.200. The number of anilines is 1. The third-order valence-corrected chi connectivity index (χ3v) is 2.68. The van der Waals surface area contributed by atoms with Gasteiger partial charge in [0.15, 0.2) is 0 Å². The van der Waals surface area contributed by atoms with Crippen LogP contribution in [0, 0.1) is 17.0 Å². The van der Waals surface area contributed by atoms with E-state index in [9.17, 15) is 10.1 Å². The summed E-state index contributed by atoms with van der Waals surface area (Å²) in [5.74, 6) is 0. The number of benzene rings is 1. The van der Waals surface area contributed by atoms with Crippen LogP contribution in [0.15, 0.2) is 18.2 Å². The molecule has 2 rings (SSSR count). The first-order valence-electron chi connectivity index (χ1n) is 4.51. The molecule has 0 atom stereocenters. The fourth-order valence-corrected chi connectivity index (χ4v) is 1.71. The molecule has 0 saturated heterocycles. The monoisotopic (exact) mass is 205 g/mol. The molecular weight excluding hydrogens is 194 g/mol. The molecule has 0 aliphatic rings. The van der Waals surface area contributed by atoms with E-state index in [-0.39, 0.29) is 11.4 Å². The standard InChI is InChI=1S/C10H11N3O2/c1-6-5-7-8(12(6)2)3-4-9(10(7)11)13(14)15/h3-5H,11H2,1-2H3. The lowest BCUT2D eigenvalue weighted by Crippen LogP contribution is -1.96. The molecule has 0 saturated carbocycles. The molecule has 2 aromatic rings. The lowest BCUT2D eigenvalue weighted by Gasteiger charge is -2.00. The molecule has 0 fully saturated rings. The molecule has 0 spiro atoms. The lowest BCUT2D eigenvalue weighted by atomic mass is 10.2. The number of nitrogens with two attached hydrogens (primary N) is 1. The van der Waals surface area contributed by atoms with Gasteiger partial charge in [0, 0.05) is 24.2 Å². The Hall–Kier alpha value is -2.04. The summed E-state index contributed by atoms with van der Waals surface area (Å²) in [7, 11) is 1.91. The van der Waals surface area contributed by atoms with Gasteiger partial charge in [-0.3, -0.25) is 10.1 Å². The summed E-state index contributed by atoms with van der Waals surface area (Å²) in [6, 6.07) is 5.02. The minimum Gasteiger partial charge on any atom is -0.393 e. The van der Waals surface area contributed by atoms with Crippen molar-refractivity contribution in [3.8, 4) is 0 Å². The van der Waals surface area contributed by atoms with Crippen LogP contribution in [0.5, 0.6) is 0 Å². The largest absolute Gasteiger partial charge is 0.393 e. The molecule has 1 aromatic carbocycles. The highest BCUT2D eigenvalue weighted by molar-refractivity contribution is 5.96. The molecule has 0 aliphatic carbocycles. The number of hydrogen-bond donors (Lipinski definition) is 1. The van der Waals surface area contributed by atoms with E-state index in [0.717, 1.165) is 16.6 Å². The Morgan fingerprint density at radius 3 is 2.73 bits per heavy atom. The van der Waals surface area contributed by atoms with Crippen molar-refractivity contribution in [2.45, 2.75) is 6.92 Å². The molecule has 2 N–H and O–H groups in total. The molecular formula is C10H11N3O2. The number of nitro groups is 1. The van der Waals surface area contributed by atoms with Crippen molar-refractivity contribution in [1.29, 1.82) is 0 Å². The molecule has 1 aromatic heterocycles. The highest BCUT2D eigenvalue weighted by Crippen LogP contribution is 2.31. The molecule has 0 aliphatic heterocycles. The number of nitro benzene ring substituents is 1. The highest BCUT2D eigenvalue weighted by Gasteiger charge is 2.16. The van der Waals surface area contributed by atoms with E-state index in [1.54, 1.807) is 6.07 Å². The van der Waals surface area contributed by atoms with E-state index >= 15 is 0 Å². The van der Waals surface area contributed by atoms with Crippen molar-refractivity contribution in [1.82, 2.24) is 4.57 Å². The van der Waals surface area contributed by atoms with Gasteiger partial charge in [-0.2, -0.15) is 0 Å². The van der Waals surface area contributed by atoms with Crippen molar-refractivity contribution >= 4 is 22.3 Å². The number of fused-ring (bicyclic) bond motifs is 1. The quantitative estimate of drug-likeness (QED) is 0.439. The van der Waals surface area contributed by atoms with Gasteiger partial charge < -0.3 is 10.3 Å². The normalized spacial score (nSPS) is 10.8. The fourth-order valence-electron chi connectivity index (χ4n) is 1.71. The van der Waals surface area contributed by atoms with E-state index in [2.05, 4.69) is 0 Å². The molecule has 5 nitrogen and oxygen atoms in total. The summed E-state index contributed by atoms with van der Waals surface area (Å²) in [4.78, 5) is 10.2. The first-order chi connectivity index (χ1) is 7.02. The Bertz CT molecular complexity index is 557. The van der Waals surface area contributed by atoms with E-state index < -0.39 is 4.92 Å². The Labute approximate surface area is 86.3 Å². The summed E-state index contributed by atoms with van der Waals surface area (Å²) >= 11 is 0.